The number of carbonyl (C=O) groups excluding carboxylic acids is 1. The minimum atomic E-state index is -1.71. The summed E-state index contributed by atoms with van der Waals surface area (Å²) in [6.45, 7) is 12.4. The van der Waals surface area contributed by atoms with Crippen molar-refractivity contribution in [3.05, 3.63) is 23.8 Å². The van der Waals surface area contributed by atoms with E-state index in [1.807, 2.05) is 0 Å². The molecular formula is C17H30N2O3Si. The summed E-state index contributed by atoms with van der Waals surface area (Å²) < 4.78 is 11.2. The molecule has 5 nitrogen and oxygen atoms in total. The van der Waals surface area contributed by atoms with Crippen molar-refractivity contribution in [3.8, 4) is 5.75 Å². The average molecular weight is 339 g/mol. The Balaban J connectivity index is 2.41. The van der Waals surface area contributed by atoms with E-state index >= 15 is 0 Å². The van der Waals surface area contributed by atoms with Gasteiger partial charge in [0.25, 0.3) is 5.91 Å². The highest BCUT2D eigenvalue weighted by molar-refractivity contribution is 6.74. The zero-order chi connectivity index (χ0) is 17.7. The number of methoxy groups -OCH3 is 1. The number of hydrogen-bond acceptors (Lipinski definition) is 4. The molecule has 0 atom stereocenters. The van der Waals surface area contributed by atoms with Crippen LogP contribution in [0, 0.1) is 0 Å². The Morgan fingerprint density at radius 3 is 2.52 bits per heavy atom. The number of hydrogen-bond donors (Lipinski definition) is 2. The van der Waals surface area contributed by atoms with Gasteiger partial charge in [0.2, 0.25) is 0 Å². The van der Waals surface area contributed by atoms with E-state index in [9.17, 15) is 4.79 Å². The molecule has 0 aliphatic rings. The number of anilines is 1. The maximum absolute atomic E-state index is 12.1. The molecule has 1 amide bonds. The van der Waals surface area contributed by atoms with Crippen LogP contribution in [0.3, 0.4) is 0 Å². The number of rotatable bonds is 7. The fraction of sp³-hybridized carbons (Fsp3) is 0.588. The summed E-state index contributed by atoms with van der Waals surface area (Å²) in [5.74, 6) is 0.384. The van der Waals surface area contributed by atoms with Crippen molar-refractivity contribution in [1.29, 1.82) is 0 Å². The molecule has 0 heterocycles. The van der Waals surface area contributed by atoms with E-state index in [0.717, 1.165) is 6.42 Å². The van der Waals surface area contributed by atoms with Crippen molar-refractivity contribution in [2.24, 2.45) is 0 Å². The van der Waals surface area contributed by atoms with Gasteiger partial charge in [0, 0.05) is 18.7 Å². The van der Waals surface area contributed by atoms with Gasteiger partial charge in [-0.15, -0.1) is 0 Å². The second-order valence-corrected chi connectivity index (χ2v) is 12.0. The Morgan fingerprint density at radius 2 is 1.96 bits per heavy atom. The van der Waals surface area contributed by atoms with E-state index < -0.39 is 8.32 Å². The van der Waals surface area contributed by atoms with Crippen LogP contribution in [0.5, 0.6) is 5.75 Å². The van der Waals surface area contributed by atoms with E-state index in [-0.39, 0.29) is 10.9 Å². The number of ether oxygens (including phenoxy) is 1. The van der Waals surface area contributed by atoms with Gasteiger partial charge >= 0.3 is 0 Å². The van der Waals surface area contributed by atoms with Gasteiger partial charge in [-0.1, -0.05) is 20.8 Å². The first-order chi connectivity index (χ1) is 10.6. The third-order valence-electron chi connectivity index (χ3n) is 4.37. The molecule has 6 heteroatoms. The second-order valence-electron chi connectivity index (χ2n) is 7.17. The molecule has 0 saturated carbocycles. The Hall–Kier alpha value is -1.53. The fourth-order valence-corrected chi connectivity index (χ4v) is 2.86. The first-order valence-electron chi connectivity index (χ1n) is 7.94. The van der Waals surface area contributed by atoms with Crippen LogP contribution < -0.4 is 15.8 Å². The number of amides is 1. The van der Waals surface area contributed by atoms with Gasteiger partial charge in [-0.2, -0.15) is 0 Å². The van der Waals surface area contributed by atoms with Crippen molar-refractivity contribution in [2.45, 2.75) is 45.3 Å². The minimum Gasteiger partial charge on any atom is -0.495 e. The van der Waals surface area contributed by atoms with Crippen molar-refractivity contribution in [1.82, 2.24) is 5.32 Å². The lowest BCUT2D eigenvalue weighted by Crippen LogP contribution is -2.41. The van der Waals surface area contributed by atoms with Crippen molar-refractivity contribution in [3.63, 3.8) is 0 Å². The molecule has 0 fully saturated rings. The van der Waals surface area contributed by atoms with Crippen molar-refractivity contribution >= 4 is 19.9 Å². The quantitative estimate of drug-likeness (QED) is 0.454. The third-order valence-corrected chi connectivity index (χ3v) is 8.91. The average Bonchev–Trinajstić information content (AvgIpc) is 2.45. The normalized spacial score (nSPS) is 12.1. The van der Waals surface area contributed by atoms with Gasteiger partial charge in [0.15, 0.2) is 8.32 Å². The van der Waals surface area contributed by atoms with Gasteiger partial charge in [-0.25, -0.2) is 0 Å². The first kappa shape index (κ1) is 19.5. The van der Waals surface area contributed by atoms with Gasteiger partial charge in [-0.3, -0.25) is 4.79 Å². The second kappa shape index (κ2) is 7.83. The van der Waals surface area contributed by atoms with E-state index in [4.69, 9.17) is 14.9 Å². The third kappa shape index (κ3) is 5.55. The summed E-state index contributed by atoms with van der Waals surface area (Å²) in [7, 11) is -0.175. The predicted octanol–water partition coefficient (Wildman–Crippen LogP) is 3.42. The van der Waals surface area contributed by atoms with E-state index in [1.165, 1.54) is 7.11 Å². The molecule has 0 spiro atoms. The number of nitrogens with two attached hydrogens (primary N) is 1. The first-order valence-corrected chi connectivity index (χ1v) is 10.8. The molecule has 130 valence electrons. The van der Waals surface area contributed by atoms with Crippen LogP contribution in [0.4, 0.5) is 5.69 Å². The maximum Gasteiger partial charge on any atom is 0.251 e. The predicted molar refractivity (Wildman–Crippen MR) is 97.5 cm³/mol. The highest BCUT2D eigenvalue weighted by Gasteiger charge is 2.36. The number of nitrogens with one attached hydrogen (secondary N) is 1. The zero-order valence-corrected chi connectivity index (χ0v) is 16.2. The van der Waals surface area contributed by atoms with Crippen LogP contribution in [-0.2, 0) is 4.43 Å². The zero-order valence-electron chi connectivity index (χ0n) is 15.2. The molecule has 0 aromatic heterocycles. The highest BCUT2D eigenvalue weighted by Crippen LogP contribution is 2.36. The molecule has 0 radical (unpaired) electrons. The summed E-state index contributed by atoms with van der Waals surface area (Å²) >= 11 is 0. The number of benzene rings is 1. The van der Waals surface area contributed by atoms with Gasteiger partial charge in [0.1, 0.15) is 5.75 Å². The Labute approximate surface area is 140 Å². The SMILES string of the molecule is COc1cc(C(=O)NCCCO[Si](C)(C)C(C)(C)C)ccc1N. The molecule has 0 saturated heterocycles. The number of carbonyl (C=O) groups is 1. The summed E-state index contributed by atoms with van der Waals surface area (Å²) in [6.07, 6.45) is 0.796. The molecule has 0 aliphatic heterocycles. The monoisotopic (exact) mass is 338 g/mol. The van der Waals surface area contributed by atoms with E-state index in [0.29, 0.717) is 30.2 Å². The van der Waals surface area contributed by atoms with Crippen molar-refractivity contribution in [2.75, 3.05) is 26.0 Å². The van der Waals surface area contributed by atoms with Crippen LogP contribution in [0.1, 0.15) is 37.6 Å². The molecule has 1 aromatic carbocycles. The molecule has 0 aliphatic carbocycles. The smallest absolute Gasteiger partial charge is 0.251 e. The van der Waals surface area contributed by atoms with Crippen LogP contribution >= 0.6 is 0 Å². The van der Waals surface area contributed by atoms with Crippen molar-refractivity contribution < 1.29 is 14.0 Å². The van der Waals surface area contributed by atoms with Crippen LogP contribution in [-0.4, -0.2) is 34.5 Å². The molecule has 3 N–H and O–H groups in total. The van der Waals surface area contributed by atoms with Crippen LogP contribution in [0.2, 0.25) is 18.1 Å². The molecule has 1 rings (SSSR count). The molecule has 0 unspecified atom stereocenters. The molecule has 23 heavy (non-hydrogen) atoms. The molecular weight excluding hydrogens is 308 g/mol. The van der Waals surface area contributed by atoms with Crippen LogP contribution in [0.25, 0.3) is 0 Å². The summed E-state index contributed by atoms with van der Waals surface area (Å²) in [5, 5.41) is 3.10. The highest BCUT2D eigenvalue weighted by atomic mass is 28.4. The lowest BCUT2D eigenvalue weighted by molar-refractivity contribution is 0.0951. The summed E-state index contributed by atoms with van der Waals surface area (Å²) in [4.78, 5) is 12.1. The lowest BCUT2D eigenvalue weighted by atomic mass is 10.2. The Morgan fingerprint density at radius 1 is 1.30 bits per heavy atom. The fourth-order valence-electron chi connectivity index (χ4n) is 1.77. The Bertz CT molecular complexity index is 539. The largest absolute Gasteiger partial charge is 0.495 e. The standard InChI is InChI=1S/C17H30N2O3Si/c1-17(2,3)23(5,6)22-11-7-10-19-16(20)13-8-9-14(18)15(12-13)21-4/h8-9,12H,7,10-11,18H2,1-6H3,(H,19,20). The van der Waals surface area contributed by atoms with Gasteiger partial charge < -0.3 is 20.2 Å². The molecule has 0 bridgehead atoms. The minimum absolute atomic E-state index is 0.129. The van der Waals surface area contributed by atoms with Crippen LogP contribution in [0.15, 0.2) is 18.2 Å². The summed E-state index contributed by atoms with van der Waals surface area (Å²) in [5.41, 5.74) is 6.81. The van der Waals surface area contributed by atoms with E-state index in [2.05, 4.69) is 39.2 Å². The van der Waals surface area contributed by atoms with Gasteiger partial charge in [0.05, 0.1) is 12.8 Å². The topological polar surface area (TPSA) is 73.6 Å². The number of nitrogen functional groups attached to an aromatic ring is 1. The van der Waals surface area contributed by atoms with Gasteiger partial charge in [-0.05, 0) is 42.8 Å². The summed E-state index contributed by atoms with van der Waals surface area (Å²) in [6, 6.07) is 5.02. The lowest BCUT2D eigenvalue weighted by Gasteiger charge is -2.36. The molecule has 1 aromatic rings. The van der Waals surface area contributed by atoms with E-state index in [1.54, 1.807) is 18.2 Å². The maximum atomic E-state index is 12.1. The Kier molecular flexibility index (Phi) is 6.65.